The van der Waals surface area contributed by atoms with Gasteiger partial charge < -0.3 is 19.9 Å². The van der Waals surface area contributed by atoms with Gasteiger partial charge in [0.1, 0.15) is 0 Å². The molecule has 1 saturated heterocycles. The molecule has 16 heavy (non-hydrogen) atoms. The number of carbonyl (C=O) groups excluding carboxylic acids is 1. The Morgan fingerprint density at radius 1 is 1.62 bits per heavy atom. The van der Waals surface area contributed by atoms with E-state index in [0.29, 0.717) is 13.0 Å². The van der Waals surface area contributed by atoms with E-state index in [1.54, 1.807) is 0 Å². The molecule has 92 valence electrons. The molecule has 0 aliphatic carbocycles. The molecule has 2 N–H and O–H groups in total. The second-order valence-electron chi connectivity index (χ2n) is 3.88. The number of carboxylic acid groups (broad SMARTS) is 1. The second-order valence-corrected chi connectivity index (χ2v) is 3.88. The van der Waals surface area contributed by atoms with Crippen LogP contribution in [0.15, 0.2) is 0 Å². The van der Waals surface area contributed by atoms with E-state index in [2.05, 4.69) is 5.32 Å². The Labute approximate surface area is 93.9 Å². The van der Waals surface area contributed by atoms with Crippen LogP contribution in [0.2, 0.25) is 0 Å². The summed E-state index contributed by atoms with van der Waals surface area (Å²) in [6, 6.07) is 0. The summed E-state index contributed by atoms with van der Waals surface area (Å²) in [5, 5.41) is 11.2. The van der Waals surface area contributed by atoms with E-state index in [0.717, 1.165) is 0 Å². The Morgan fingerprint density at radius 2 is 2.31 bits per heavy atom. The van der Waals surface area contributed by atoms with Gasteiger partial charge in [0, 0.05) is 7.11 Å². The van der Waals surface area contributed by atoms with Crippen LogP contribution in [0.4, 0.5) is 0 Å². The van der Waals surface area contributed by atoms with Crippen molar-refractivity contribution in [3.8, 4) is 0 Å². The lowest BCUT2D eigenvalue weighted by Crippen LogP contribution is -2.40. The Morgan fingerprint density at radius 3 is 2.75 bits per heavy atom. The van der Waals surface area contributed by atoms with Gasteiger partial charge >= 0.3 is 5.97 Å². The maximum atomic E-state index is 11.6. The predicted octanol–water partition coefficient (Wildman–Crippen LogP) is -0.373. The maximum Gasteiger partial charge on any atom is 0.334 e. The fourth-order valence-corrected chi connectivity index (χ4v) is 1.61. The van der Waals surface area contributed by atoms with Crippen molar-refractivity contribution >= 4 is 11.9 Å². The number of hydrogen-bond donors (Lipinski definition) is 2. The highest BCUT2D eigenvalue weighted by Crippen LogP contribution is 2.18. The highest BCUT2D eigenvalue weighted by Gasteiger charge is 2.29. The monoisotopic (exact) mass is 231 g/mol. The second kappa shape index (κ2) is 5.81. The molecule has 0 bridgehead atoms. The molecule has 0 spiro atoms. The molecular weight excluding hydrogens is 214 g/mol. The summed E-state index contributed by atoms with van der Waals surface area (Å²) in [7, 11) is 1.30. The molecule has 0 aromatic rings. The van der Waals surface area contributed by atoms with Gasteiger partial charge in [0.2, 0.25) is 5.91 Å². The molecule has 0 radical (unpaired) electrons. The number of rotatable bonds is 5. The van der Waals surface area contributed by atoms with Crippen molar-refractivity contribution in [2.45, 2.75) is 25.6 Å². The smallest absolute Gasteiger partial charge is 0.334 e. The Kier molecular flexibility index (Phi) is 4.70. The molecule has 6 nitrogen and oxygen atoms in total. The molecule has 1 heterocycles. The molecule has 1 aliphatic heterocycles. The molecule has 1 rings (SSSR count). The van der Waals surface area contributed by atoms with Crippen molar-refractivity contribution in [1.29, 1.82) is 0 Å². The predicted molar refractivity (Wildman–Crippen MR) is 55.0 cm³/mol. The fraction of sp³-hybridized carbons (Fsp3) is 0.800. The molecule has 1 aliphatic rings. The van der Waals surface area contributed by atoms with E-state index < -0.39 is 12.1 Å². The number of carbonyl (C=O) groups is 2. The Balaban J connectivity index is 2.32. The molecule has 3 unspecified atom stereocenters. The van der Waals surface area contributed by atoms with Crippen molar-refractivity contribution in [3.63, 3.8) is 0 Å². The summed E-state index contributed by atoms with van der Waals surface area (Å²) in [6.45, 7) is 2.29. The van der Waals surface area contributed by atoms with Crippen LogP contribution in [0.1, 0.15) is 13.3 Å². The van der Waals surface area contributed by atoms with Crippen LogP contribution in [0.25, 0.3) is 0 Å². The van der Waals surface area contributed by atoms with Crippen molar-refractivity contribution < 1.29 is 24.2 Å². The molecule has 3 atom stereocenters. The zero-order chi connectivity index (χ0) is 12.1. The average Bonchev–Trinajstić information content (AvgIpc) is 2.65. The first-order chi connectivity index (χ1) is 7.54. The largest absolute Gasteiger partial charge is 0.479 e. The highest BCUT2D eigenvalue weighted by molar-refractivity contribution is 5.80. The van der Waals surface area contributed by atoms with E-state index in [4.69, 9.17) is 14.6 Å². The first-order valence-corrected chi connectivity index (χ1v) is 5.19. The average molecular weight is 231 g/mol. The van der Waals surface area contributed by atoms with Crippen LogP contribution in [0, 0.1) is 5.92 Å². The van der Waals surface area contributed by atoms with Crippen LogP contribution < -0.4 is 5.32 Å². The summed E-state index contributed by atoms with van der Waals surface area (Å²) >= 11 is 0. The zero-order valence-electron chi connectivity index (χ0n) is 9.43. The van der Waals surface area contributed by atoms with E-state index >= 15 is 0 Å². The van der Waals surface area contributed by atoms with Gasteiger partial charge in [-0.25, -0.2) is 4.79 Å². The highest BCUT2D eigenvalue weighted by atomic mass is 16.5. The minimum atomic E-state index is -1.08. The summed E-state index contributed by atoms with van der Waals surface area (Å²) in [5.41, 5.74) is 0. The zero-order valence-corrected chi connectivity index (χ0v) is 9.43. The first-order valence-electron chi connectivity index (χ1n) is 5.19. The van der Waals surface area contributed by atoms with Gasteiger partial charge in [-0.2, -0.15) is 0 Å². The third kappa shape index (κ3) is 3.46. The first kappa shape index (κ1) is 12.9. The number of carboxylic acids is 1. The third-order valence-electron chi connectivity index (χ3n) is 2.59. The van der Waals surface area contributed by atoms with Crippen molar-refractivity contribution in [3.05, 3.63) is 0 Å². The van der Waals surface area contributed by atoms with Gasteiger partial charge in [0.25, 0.3) is 0 Å². The van der Waals surface area contributed by atoms with Crippen LogP contribution >= 0.6 is 0 Å². The number of hydrogen-bond acceptors (Lipinski definition) is 4. The Hall–Kier alpha value is -1.14. The lowest BCUT2D eigenvalue weighted by atomic mass is 10.1. The van der Waals surface area contributed by atoms with Gasteiger partial charge in [-0.15, -0.1) is 0 Å². The number of aliphatic carboxylic acids is 1. The summed E-state index contributed by atoms with van der Waals surface area (Å²) in [4.78, 5) is 22.2. The number of ether oxygens (including phenoxy) is 2. The molecular formula is C10H17NO5. The molecule has 1 fully saturated rings. The van der Waals surface area contributed by atoms with Crippen molar-refractivity contribution in [2.24, 2.45) is 5.92 Å². The molecule has 0 aromatic heterocycles. The standard InChI is InChI=1S/C10H17NO5/c1-6-3-7(5-16-6)9(12)11-4-8(15-2)10(13)14/h6-8H,3-5H2,1-2H3,(H,11,12)(H,13,14). The summed E-state index contributed by atoms with van der Waals surface area (Å²) in [5.74, 6) is -1.44. The van der Waals surface area contributed by atoms with Crippen LogP contribution in [-0.2, 0) is 19.1 Å². The van der Waals surface area contributed by atoms with Crippen LogP contribution in [0.5, 0.6) is 0 Å². The van der Waals surface area contributed by atoms with Gasteiger partial charge in [-0.1, -0.05) is 0 Å². The topological polar surface area (TPSA) is 84.9 Å². The van der Waals surface area contributed by atoms with Crippen LogP contribution in [0.3, 0.4) is 0 Å². The number of nitrogens with one attached hydrogen (secondary N) is 1. The van der Waals surface area contributed by atoms with Crippen molar-refractivity contribution in [1.82, 2.24) is 5.32 Å². The molecule has 1 amide bonds. The number of methoxy groups -OCH3 is 1. The molecule has 0 saturated carbocycles. The van der Waals surface area contributed by atoms with E-state index in [1.165, 1.54) is 7.11 Å². The van der Waals surface area contributed by atoms with Gasteiger partial charge in [0.15, 0.2) is 6.10 Å². The van der Waals surface area contributed by atoms with E-state index in [1.807, 2.05) is 6.92 Å². The maximum absolute atomic E-state index is 11.6. The molecule has 6 heteroatoms. The van der Waals surface area contributed by atoms with Crippen LogP contribution in [-0.4, -0.2) is 49.5 Å². The third-order valence-corrected chi connectivity index (χ3v) is 2.59. The van der Waals surface area contributed by atoms with Gasteiger partial charge in [-0.05, 0) is 13.3 Å². The van der Waals surface area contributed by atoms with Gasteiger partial charge in [-0.3, -0.25) is 4.79 Å². The van der Waals surface area contributed by atoms with Gasteiger partial charge in [0.05, 0.1) is 25.2 Å². The Bertz CT molecular complexity index is 268. The summed E-state index contributed by atoms with van der Waals surface area (Å²) < 4.78 is 9.96. The minimum Gasteiger partial charge on any atom is -0.479 e. The van der Waals surface area contributed by atoms with E-state index in [9.17, 15) is 9.59 Å². The normalized spacial score (nSPS) is 26.4. The summed E-state index contributed by atoms with van der Waals surface area (Å²) in [6.07, 6.45) is -0.228. The molecule has 0 aromatic carbocycles. The number of amides is 1. The quantitative estimate of drug-likeness (QED) is 0.674. The van der Waals surface area contributed by atoms with Crippen molar-refractivity contribution in [2.75, 3.05) is 20.3 Å². The lowest BCUT2D eigenvalue weighted by molar-refractivity contribution is -0.148. The minimum absolute atomic E-state index is 0.0183. The van der Waals surface area contributed by atoms with E-state index in [-0.39, 0.29) is 24.5 Å². The lowest BCUT2D eigenvalue weighted by Gasteiger charge is -2.13. The SMILES string of the molecule is COC(CNC(=O)C1COC(C)C1)C(=O)O. The fourth-order valence-electron chi connectivity index (χ4n) is 1.61.